The summed E-state index contributed by atoms with van der Waals surface area (Å²) in [7, 11) is 1.60. The van der Waals surface area contributed by atoms with Gasteiger partial charge in [-0.1, -0.05) is 47.1 Å². The predicted octanol–water partition coefficient (Wildman–Crippen LogP) is 6.16. The number of hydrogen-bond donors (Lipinski definition) is 1. The van der Waals surface area contributed by atoms with E-state index in [0.29, 0.717) is 33.1 Å². The van der Waals surface area contributed by atoms with Crippen LogP contribution in [0.5, 0.6) is 5.75 Å². The molecule has 1 heterocycles. The molecule has 6 nitrogen and oxygen atoms in total. The number of amidine groups is 1. The number of nitrogens with one attached hydrogen (secondary N) is 1. The van der Waals surface area contributed by atoms with E-state index in [1.54, 1.807) is 60.5 Å². The number of thioether (sulfide) groups is 1. The van der Waals surface area contributed by atoms with Gasteiger partial charge in [0.15, 0.2) is 5.17 Å². The maximum absolute atomic E-state index is 13.2. The van der Waals surface area contributed by atoms with Crippen molar-refractivity contribution in [1.82, 2.24) is 4.90 Å². The van der Waals surface area contributed by atoms with Crippen molar-refractivity contribution in [3.05, 3.63) is 88.4 Å². The normalized spacial score (nSPS) is 17.0. The Hall–Kier alpha value is -3.00. The van der Waals surface area contributed by atoms with Gasteiger partial charge in [-0.2, -0.15) is 0 Å². The number of nitrogens with zero attached hydrogens (tertiary/aromatic N) is 2. The smallest absolute Gasteiger partial charge is 0.238 e. The standard InChI is InChI=1S/C25H21Cl2N3O3S/c1-33-21-12-2-16(3-13-21)15-30-23(31)14-22(24(32)28-19-8-4-17(26)5-9-19)34-25(30)29-20-10-6-18(27)7-11-20/h2-13,22H,14-15H2,1H3,(H,28,32). The van der Waals surface area contributed by atoms with Gasteiger partial charge in [0.25, 0.3) is 0 Å². The van der Waals surface area contributed by atoms with Crippen molar-refractivity contribution >= 4 is 63.3 Å². The van der Waals surface area contributed by atoms with Crippen LogP contribution in [0.25, 0.3) is 0 Å². The van der Waals surface area contributed by atoms with Crippen LogP contribution in [0.3, 0.4) is 0 Å². The lowest BCUT2D eigenvalue weighted by atomic mass is 10.2. The summed E-state index contributed by atoms with van der Waals surface area (Å²) in [5.41, 5.74) is 2.17. The van der Waals surface area contributed by atoms with Gasteiger partial charge in [0.2, 0.25) is 11.8 Å². The summed E-state index contributed by atoms with van der Waals surface area (Å²) >= 11 is 13.2. The predicted molar refractivity (Wildman–Crippen MR) is 138 cm³/mol. The van der Waals surface area contributed by atoms with Crippen molar-refractivity contribution in [2.45, 2.75) is 18.2 Å². The topological polar surface area (TPSA) is 71.0 Å². The molecule has 0 bridgehead atoms. The molecule has 9 heteroatoms. The Morgan fingerprint density at radius 2 is 1.65 bits per heavy atom. The second-order valence-corrected chi connectivity index (χ2v) is 9.55. The first-order valence-corrected chi connectivity index (χ1v) is 12.1. The van der Waals surface area contributed by atoms with Crippen molar-refractivity contribution < 1.29 is 14.3 Å². The Labute approximate surface area is 211 Å². The molecule has 0 spiro atoms. The number of carbonyl (C=O) groups excluding carboxylic acids is 2. The summed E-state index contributed by atoms with van der Waals surface area (Å²) in [5.74, 6) is 0.282. The van der Waals surface area contributed by atoms with Crippen LogP contribution < -0.4 is 10.1 Å². The van der Waals surface area contributed by atoms with E-state index in [0.717, 1.165) is 11.3 Å². The van der Waals surface area contributed by atoms with Gasteiger partial charge in [0.1, 0.15) is 11.0 Å². The number of hydrogen-bond acceptors (Lipinski definition) is 5. The van der Waals surface area contributed by atoms with Gasteiger partial charge >= 0.3 is 0 Å². The zero-order valence-electron chi connectivity index (χ0n) is 18.2. The van der Waals surface area contributed by atoms with E-state index in [-0.39, 0.29) is 18.2 Å². The molecule has 1 N–H and O–H groups in total. The highest BCUT2D eigenvalue weighted by Gasteiger charge is 2.36. The minimum Gasteiger partial charge on any atom is -0.497 e. The highest BCUT2D eigenvalue weighted by molar-refractivity contribution is 8.15. The zero-order valence-corrected chi connectivity index (χ0v) is 20.5. The summed E-state index contributed by atoms with van der Waals surface area (Å²) in [4.78, 5) is 32.4. The SMILES string of the molecule is COc1ccc(CN2C(=O)CC(C(=O)Nc3ccc(Cl)cc3)SC2=Nc2ccc(Cl)cc2)cc1. The molecule has 1 atom stereocenters. The molecule has 1 saturated heterocycles. The zero-order chi connectivity index (χ0) is 24.1. The van der Waals surface area contributed by atoms with Crippen molar-refractivity contribution in [1.29, 1.82) is 0 Å². The number of aliphatic imine (C=N–C) groups is 1. The molecule has 1 unspecified atom stereocenters. The first-order valence-electron chi connectivity index (χ1n) is 10.4. The quantitative estimate of drug-likeness (QED) is 0.428. The molecule has 34 heavy (non-hydrogen) atoms. The molecule has 0 radical (unpaired) electrons. The van der Waals surface area contributed by atoms with E-state index in [9.17, 15) is 9.59 Å². The fourth-order valence-corrected chi connectivity index (χ4v) is 4.64. The molecule has 3 aromatic carbocycles. The van der Waals surface area contributed by atoms with Crippen LogP contribution in [-0.2, 0) is 16.1 Å². The number of halogens is 2. The number of methoxy groups -OCH3 is 1. The van der Waals surface area contributed by atoms with Gasteiger partial charge in [-0.25, -0.2) is 4.99 Å². The fraction of sp³-hybridized carbons (Fsp3) is 0.160. The average molecular weight is 514 g/mol. The Balaban J connectivity index is 1.58. The molecule has 174 valence electrons. The minimum absolute atomic E-state index is 0.0554. The largest absolute Gasteiger partial charge is 0.497 e. The Morgan fingerprint density at radius 3 is 2.26 bits per heavy atom. The van der Waals surface area contributed by atoms with E-state index in [4.69, 9.17) is 27.9 Å². The highest BCUT2D eigenvalue weighted by atomic mass is 35.5. The van der Waals surface area contributed by atoms with Crippen molar-refractivity contribution in [2.24, 2.45) is 4.99 Å². The maximum atomic E-state index is 13.2. The molecular formula is C25H21Cl2N3O3S. The first-order chi connectivity index (χ1) is 16.4. The highest BCUT2D eigenvalue weighted by Crippen LogP contribution is 2.31. The number of rotatable bonds is 6. The summed E-state index contributed by atoms with van der Waals surface area (Å²) < 4.78 is 5.21. The third-order valence-electron chi connectivity index (χ3n) is 5.09. The molecule has 2 amide bonds. The molecule has 3 aromatic rings. The first kappa shape index (κ1) is 24.1. The van der Waals surface area contributed by atoms with Crippen LogP contribution in [-0.4, -0.2) is 34.2 Å². The Bertz CT molecular complexity index is 1200. The van der Waals surface area contributed by atoms with E-state index in [2.05, 4.69) is 10.3 Å². The second-order valence-electron chi connectivity index (χ2n) is 7.51. The lowest BCUT2D eigenvalue weighted by Crippen LogP contribution is -2.44. The summed E-state index contributed by atoms with van der Waals surface area (Å²) in [6, 6.07) is 21.3. The molecule has 1 fully saturated rings. The van der Waals surface area contributed by atoms with Gasteiger partial charge in [-0.3, -0.25) is 14.5 Å². The van der Waals surface area contributed by atoms with Crippen LogP contribution in [0.2, 0.25) is 10.0 Å². The van der Waals surface area contributed by atoms with E-state index >= 15 is 0 Å². The summed E-state index contributed by atoms with van der Waals surface area (Å²) in [5, 5.41) is 3.84. The maximum Gasteiger partial charge on any atom is 0.238 e. The van der Waals surface area contributed by atoms with Crippen molar-refractivity contribution in [3.63, 3.8) is 0 Å². The molecule has 0 aliphatic carbocycles. The van der Waals surface area contributed by atoms with Crippen molar-refractivity contribution in [3.8, 4) is 5.75 Å². The van der Waals surface area contributed by atoms with Gasteiger partial charge in [0, 0.05) is 22.2 Å². The summed E-state index contributed by atoms with van der Waals surface area (Å²) in [6.45, 7) is 0.327. The van der Waals surface area contributed by atoms with Crippen LogP contribution in [0, 0.1) is 0 Å². The second kappa shape index (κ2) is 11.0. The van der Waals surface area contributed by atoms with Crippen LogP contribution in [0.1, 0.15) is 12.0 Å². The molecule has 4 rings (SSSR count). The molecule has 0 saturated carbocycles. The fourth-order valence-electron chi connectivity index (χ4n) is 3.29. The van der Waals surface area contributed by atoms with Crippen molar-refractivity contribution in [2.75, 3.05) is 12.4 Å². The van der Waals surface area contributed by atoms with E-state index in [1.807, 2.05) is 24.3 Å². The molecule has 1 aliphatic heterocycles. The lowest BCUT2D eigenvalue weighted by molar-refractivity contribution is -0.129. The molecular weight excluding hydrogens is 493 g/mol. The van der Waals surface area contributed by atoms with E-state index in [1.165, 1.54) is 11.8 Å². The molecule has 0 aromatic heterocycles. The van der Waals surface area contributed by atoms with Gasteiger partial charge < -0.3 is 10.1 Å². The Morgan fingerprint density at radius 1 is 1.03 bits per heavy atom. The van der Waals surface area contributed by atoms with Gasteiger partial charge in [-0.05, 0) is 66.2 Å². The Kier molecular flexibility index (Phi) is 7.77. The van der Waals surface area contributed by atoms with E-state index < -0.39 is 5.25 Å². The van der Waals surface area contributed by atoms with Gasteiger partial charge in [0.05, 0.1) is 19.3 Å². The number of benzene rings is 3. The van der Waals surface area contributed by atoms with Crippen LogP contribution in [0.15, 0.2) is 77.8 Å². The number of carbonyl (C=O) groups is 2. The number of amides is 2. The van der Waals surface area contributed by atoms with Crippen LogP contribution in [0.4, 0.5) is 11.4 Å². The molecule has 1 aliphatic rings. The number of anilines is 1. The minimum atomic E-state index is -0.624. The summed E-state index contributed by atoms with van der Waals surface area (Å²) in [6.07, 6.45) is 0.0554. The third kappa shape index (κ3) is 6.11. The lowest BCUT2D eigenvalue weighted by Gasteiger charge is -2.32. The van der Waals surface area contributed by atoms with Gasteiger partial charge in [-0.15, -0.1) is 0 Å². The number of ether oxygens (including phenoxy) is 1. The monoisotopic (exact) mass is 513 g/mol. The third-order valence-corrected chi connectivity index (χ3v) is 6.79. The average Bonchev–Trinajstić information content (AvgIpc) is 2.84. The van der Waals surface area contributed by atoms with Crippen LogP contribution >= 0.6 is 35.0 Å².